The van der Waals surface area contributed by atoms with E-state index in [9.17, 15) is 19.2 Å². The Hall–Kier alpha value is -4.12. The summed E-state index contributed by atoms with van der Waals surface area (Å²) in [5, 5.41) is 0. The fraction of sp³-hybridized carbons (Fsp3) is 0.429. The topological polar surface area (TPSA) is 166 Å². The van der Waals surface area contributed by atoms with Crippen LogP contribution in [0.15, 0.2) is 48.5 Å². The first kappa shape index (κ1) is 31.1. The van der Waals surface area contributed by atoms with Gasteiger partial charge in [0.15, 0.2) is 0 Å². The number of hydrogen-bond acceptors (Lipinski definition) is 11. The molecule has 39 heavy (non-hydrogen) atoms. The van der Waals surface area contributed by atoms with Crippen LogP contribution >= 0.6 is 0 Å². The third-order valence-corrected chi connectivity index (χ3v) is 5.24. The van der Waals surface area contributed by atoms with Crippen molar-refractivity contribution in [3.05, 3.63) is 48.5 Å². The first-order valence-electron chi connectivity index (χ1n) is 12.8. The average molecular weight is 545 g/mol. The minimum Gasteiger partial charge on any atom is -0.464 e. The van der Waals surface area contributed by atoms with Crippen molar-refractivity contribution in [1.29, 1.82) is 0 Å². The average Bonchev–Trinajstić information content (AvgIpc) is 2.90. The first-order chi connectivity index (χ1) is 18.8. The highest BCUT2D eigenvalue weighted by Crippen LogP contribution is 2.15. The van der Waals surface area contributed by atoms with Crippen LogP contribution in [0.4, 0.5) is 11.4 Å². The third kappa shape index (κ3) is 15.0. The maximum Gasteiger partial charge on any atom is 0.332 e. The van der Waals surface area contributed by atoms with Crippen LogP contribution in [-0.2, 0) is 33.4 Å². The lowest BCUT2D eigenvalue weighted by atomic mass is 10.2. The van der Waals surface area contributed by atoms with Crippen molar-refractivity contribution in [2.45, 2.75) is 51.4 Å². The van der Waals surface area contributed by atoms with Gasteiger partial charge in [0.2, 0.25) is 0 Å². The number of hydrogen-bond donors (Lipinski definition) is 2. The molecule has 0 bridgehead atoms. The zero-order valence-electron chi connectivity index (χ0n) is 21.9. The van der Waals surface area contributed by atoms with E-state index >= 15 is 0 Å². The fourth-order valence-corrected chi connectivity index (χ4v) is 3.21. The van der Waals surface area contributed by atoms with Gasteiger partial charge >= 0.3 is 23.9 Å². The van der Waals surface area contributed by atoms with Crippen LogP contribution in [0.5, 0.6) is 11.5 Å². The molecular weight excluding hydrogens is 508 g/mol. The molecule has 0 aliphatic carbocycles. The van der Waals surface area contributed by atoms with Crippen LogP contribution in [0.1, 0.15) is 51.4 Å². The molecule has 0 amide bonds. The quantitative estimate of drug-likeness (QED) is 0.122. The van der Waals surface area contributed by atoms with E-state index in [0.29, 0.717) is 61.4 Å². The van der Waals surface area contributed by atoms with Gasteiger partial charge in [-0.15, -0.1) is 0 Å². The molecular formula is C28H36N2O9. The summed E-state index contributed by atoms with van der Waals surface area (Å²) in [5.74, 6) is -0.970. The van der Waals surface area contributed by atoms with E-state index in [4.69, 9.17) is 35.2 Å². The molecule has 0 spiro atoms. The second-order valence-electron chi connectivity index (χ2n) is 8.64. The molecule has 2 aromatic rings. The molecule has 0 saturated carbocycles. The third-order valence-electron chi connectivity index (χ3n) is 5.24. The van der Waals surface area contributed by atoms with Crippen molar-refractivity contribution < 1.29 is 42.9 Å². The second-order valence-corrected chi connectivity index (χ2v) is 8.64. The normalized spacial score (nSPS) is 10.5. The lowest BCUT2D eigenvalue weighted by Crippen LogP contribution is -2.19. The summed E-state index contributed by atoms with van der Waals surface area (Å²) in [6.07, 6.45) is 4.23. The molecule has 11 heteroatoms. The van der Waals surface area contributed by atoms with E-state index in [1.54, 1.807) is 48.5 Å². The summed E-state index contributed by atoms with van der Waals surface area (Å²) in [6, 6.07) is 13.1. The smallest absolute Gasteiger partial charge is 0.332 e. The summed E-state index contributed by atoms with van der Waals surface area (Å²) in [7, 11) is 0. The molecule has 212 valence electrons. The van der Waals surface area contributed by atoms with Crippen molar-refractivity contribution >= 4 is 35.3 Å². The van der Waals surface area contributed by atoms with Crippen LogP contribution in [0.25, 0.3) is 0 Å². The zero-order valence-corrected chi connectivity index (χ0v) is 21.9. The number of carbonyl (C=O) groups excluding carboxylic acids is 4. The van der Waals surface area contributed by atoms with Crippen molar-refractivity contribution in [3.63, 3.8) is 0 Å². The van der Waals surface area contributed by atoms with Gasteiger partial charge in [-0.05, 0) is 87.1 Å². The molecule has 2 aromatic carbocycles. The number of nitrogens with two attached hydrogens (primary N) is 2. The molecule has 2 rings (SSSR count). The lowest BCUT2D eigenvalue weighted by molar-refractivity contribution is -0.155. The van der Waals surface area contributed by atoms with E-state index in [2.05, 4.69) is 0 Å². The highest BCUT2D eigenvalue weighted by Gasteiger charge is 2.09. The summed E-state index contributed by atoms with van der Waals surface area (Å²) >= 11 is 0. The standard InChI is InChI=1S/C28H36N2O9/c29-21-9-13-23(14-10-21)38-25(31)7-3-1-5-17-36-27(33)19-35-20-28(34)37-18-6-2-4-8-26(32)39-24-15-11-22(30)12-16-24/h9-16H,1-8,17-20,29-30H2. The number of anilines is 2. The van der Waals surface area contributed by atoms with Crippen molar-refractivity contribution in [1.82, 2.24) is 0 Å². The summed E-state index contributed by atoms with van der Waals surface area (Å²) < 4.78 is 25.5. The molecule has 4 N–H and O–H groups in total. The largest absolute Gasteiger partial charge is 0.464 e. The molecule has 11 nitrogen and oxygen atoms in total. The Morgan fingerprint density at radius 1 is 0.513 bits per heavy atom. The number of benzene rings is 2. The van der Waals surface area contributed by atoms with Crippen LogP contribution in [-0.4, -0.2) is 50.3 Å². The highest BCUT2D eigenvalue weighted by molar-refractivity contribution is 5.74. The van der Waals surface area contributed by atoms with Gasteiger partial charge in [0.25, 0.3) is 0 Å². The summed E-state index contributed by atoms with van der Waals surface area (Å²) in [4.78, 5) is 47.0. The highest BCUT2D eigenvalue weighted by atomic mass is 16.6. The lowest BCUT2D eigenvalue weighted by Gasteiger charge is -2.07. The first-order valence-corrected chi connectivity index (χ1v) is 12.8. The van der Waals surface area contributed by atoms with E-state index in [-0.39, 0.29) is 51.2 Å². The minimum atomic E-state index is -0.587. The Balaban J connectivity index is 1.37. The Kier molecular flexibility index (Phi) is 14.5. The molecule has 0 saturated heterocycles. The van der Waals surface area contributed by atoms with Crippen molar-refractivity contribution in [3.8, 4) is 11.5 Å². The number of ether oxygens (including phenoxy) is 5. The van der Waals surface area contributed by atoms with Crippen molar-refractivity contribution in [2.75, 3.05) is 37.9 Å². The molecule has 0 atom stereocenters. The van der Waals surface area contributed by atoms with E-state index in [1.165, 1.54) is 0 Å². The SMILES string of the molecule is Nc1ccc(OC(=O)CCCCCOC(=O)COCC(=O)OCCCCCC(=O)Oc2ccc(N)cc2)cc1. The van der Waals surface area contributed by atoms with Gasteiger partial charge in [-0.25, -0.2) is 9.59 Å². The molecule has 0 heterocycles. The second kappa shape index (κ2) is 18.2. The fourth-order valence-electron chi connectivity index (χ4n) is 3.21. The molecule has 0 unspecified atom stereocenters. The van der Waals surface area contributed by atoms with Crippen LogP contribution in [0.2, 0.25) is 0 Å². The Morgan fingerprint density at radius 3 is 1.28 bits per heavy atom. The predicted octanol–water partition coefficient (Wildman–Crippen LogP) is 3.59. The van der Waals surface area contributed by atoms with E-state index < -0.39 is 11.9 Å². The number of unbranched alkanes of at least 4 members (excludes halogenated alkanes) is 4. The molecule has 0 aromatic heterocycles. The van der Waals surface area contributed by atoms with Crippen molar-refractivity contribution in [2.24, 2.45) is 0 Å². The van der Waals surface area contributed by atoms with Gasteiger partial charge < -0.3 is 35.2 Å². The Bertz CT molecular complexity index is 957. The van der Waals surface area contributed by atoms with Gasteiger partial charge in [-0.3, -0.25) is 9.59 Å². The monoisotopic (exact) mass is 544 g/mol. The van der Waals surface area contributed by atoms with Gasteiger partial charge in [0, 0.05) is 24.2 Å². The van der Waals surface area contributed by atoms with Gasteiger partial charge in [-0.2, -0.15) is 0 Å². The maximum absolute atomic E-state index is 11.8. The van der Waals surface area contributed by atoms with Gasteiger partial charge in [-0.1, -0.05) is 0 Å². The number of nitrogen functional groups attached to an aromatic ring is 2. The molecule has 0 radical (unpaired) electrons. The molecule has 0 aliphatic heterocycles. The zero-order chi connectivity index (χ0) is 28.3. The van der Waals surface area contributed by atoms with E-state index in [1.807, 2.05) is 0 Å². The van der Waals surface area contributed by atoms with Gasteiger partial charge in [0.05, 0.1) is 13.2 Å². The summed E-state index contributed by atoms with van der Waals surface area (Å²) in [6.45, 7) is -0.349. The summed E-state index contributed by atoms with van der Waals surface area (Å²) in [5.41, 5.74) is 12.3. The molecule has 0 aliphatic rings. The number of rotatable bonds is 18. The van der Waals surface area contributed by atoms with E-state index in [0.717, 1.165) is 0 Å². The van der Waals surface area contributed by atoms with Crippen LogP contribution < -0.4 is 20.9 Å². The molecule has 0 fully saturated rings. The predicted molar refractivity (Wildman–Crippen MR) is 143 cm³/mol. The van der Waals surface area contributed by atoms with Crippen LogP contribution in [0.3, 0.4) is 0 Å². The van der Waals surface area contributed by atoms with Gasteiger partial charge in [0.1, 0.15) is 24.7 Å². The number of carbonyl (C=O) groups is 4. The number of esters is 4. The Labute approximate surface area is 227 Å². The van der Waals surface area contributed by atoms with Crippen LogP contribution in [0, 0.1) is 0 Å². The maximum atomic E-state index is 11.8. The minimum absolute atomic E-state index is 0.188. The Morgan fingerprint density at radius 2 is 0.897 bits per heavy atom.